The number of rotatable bonds is 3. The molecule has 1 atom stereocenters. The maximum Gasteiger partial charge on any atom is 0.173 e. The molecule has 0 aromatic heterocycles. The lowest BCUT2D eigenvalue weighted by Crippen LogP contribution is -2.39. The van der Waals surface area contributed by atoms with Gasteiger partial charge in [0, 0.05) is 0 Å². The van der Waals surface area contributed by atoms with E-state index in [1.165, 1.54) is 31.4 Å². The average molecular weight is 186 g/mol. The van der Waals surface area contributed by atoms with E-state index >= 15 is 0 Å². The summed E-state index contributed by atoms with van der Waals surface area (Å²) in [7, 11) is 2.35. The highest BCUT2D eigenvalue weighted by molar-refractivity contribution is 6.54. The van der Waals surface area contributed by atoms with E-state index in [1.807, 2.05) is 0 Å². The Hall–Kier alpha value is -0.755. The SMILES string of the molecule is CC([B]c1ccccc1)N1CCCC1. The van der Waals surface area contributed by atoms with Crippen LogP contribution in [-0.2, 0) is 0 Å². The summed E-state index contributed by atoms with van der Waals surface area (Å²) in [5, 5.41) is 0. The normalized spacial score (nSPS) is 19.5. The van der Waals surface area contributed by atoms with E-state index in [2.05, 4.69) is 49.4 Å². The Morgan fingerprint density at radius 2 is 1.79 bits per heavy atom. The summed E-state index contributed by atoms with van der Waals surface area (Å²) in [4.78, 5) is 2.55. The summed E-state index contributed by atoms with van der Waals surface area (Å²) >= 11 is 0. The van der Waals surface area contributed by atoms with Crippen LogP contribution in [0.1, 0.15) is 19.8 Å². The highest BCUT2D eigenvalue weighted by Gasteiger charge is 2.18. The van der Waals surface area contributed by atoms with Crippen molar-refractivity contribution >= 4 is 12.7 Å². The molecule has 0 N–H and O–H groups in total. The van der Waals surface area contributed by atoms with E-state index in [0.717, 1.165) is 0 Å². The Kier molecular flexibility index (Phi) is 3.25. The Bertz CT molecular complexity index is 267. The van der Waals surface area contributed by atoms with Crippen molar-refractivity contribution in [2.24, 2.45) is 0 Å². The largest absolute Gasteiger partial charge is 0.308 e. The van der Waals surface area contributed by atoms with Crippen LogP contribution in [0.4, 0.5) is 0 Å². The molecular formula is C12H17BN. The van der Waals surface area contributed by atoms with Crippen LogP contribution in [0.5, 0.6) is 0 Å². The molecule has 1 aliphatic heterocycles. The molecule has 1 heterocycles. The molecular weight excluding hydrogens is 169 g/mol. The zero-order chi connectivity index (χ0) is 9.80. The standard InChI is InChI=1S/C12H17BN/c1-11(14-9-5-6-10-14)13-12-7-3-2-4-8-12/h2-4,7-8,11H,5-6,9-10H2,1H3. The van der Waals surface area contributed by atoms with Crippen molar-refractivity contribution in [3.8, 4) is 0 Å². The molecule has 2 heteroatoms. The maximum absolute atomic E-state index is 2.55. The van der Waals surface area contributed by atoms with Crippen LogP contribution >= 0.6 is 0 Å². The van der Waals surface area contributed by atoms with Gasteiger partial charge in [-0.25, -0.2) is 0 Å². The van der Waals surface area contributed by atoms with Crippen LogP contribution in [0.2, 0.25) is 0 Å². The van der Waals surface area contributed by atoms with E-state index < -0.39 is 0 Å². The van der Waals surface area contributed by atoms with Crippen molar-refractivity contribution in [3.63, 3.8) is 0 Å². The average Bonchev–Trinajstić information content (AvgIpc) is 2.72. The van der Waals surface area contributed by atoms with Crippen LogP contribution in [0.3, 0.4) is 0 Å². The molecule has 2 rings (SSSR count). The molecule has 0 spiro atoms. The fourth-order valence-electron chi connectivity index (χ4n) is 2.10. The topological polar surface area (TPSA) is 3.24 Å². The number of hydrogen-bond acceptors (Lipinski definition) is 1. The van der Waals surface area contributed by atoms with E-state index in [9.17, 15) is 0 Å². The molecule has 73 valence electrons. The van der Waals surface area contributed by atoms with E-state index in [-0.39, 0.29) is 0 Å². The number of nitrogens with zero attached hydrogens (tertiary/aromatic N) is 1. The zero-order valence-electron chi connectivity index (χ0n) is 8.82. The van der Waals surface area contributed by atoms with Gasteiger partial charge in [-0.3, -0.25) is 0 Å². The van der Waals surface area contributed by atoms with Gasteiger partial charge in [-0.2, -0.15) is 0 Å². The zero-order valence-corrected chi connectivity index (χ0v) is 8.82. The molecule has 1 aromatic rings. The minimum absolute atomic E-state index is 0.583. The predicted octanol–water partition coefficient (Wildman–Crippen LogP) is 1.46. The first-order chi connectivity index (χ1) is 6.86. The van der Waals surface area contributed by atoms with Gasteiger partial charge in [0.1, 0.15) is 0 Å². The van der Waals surface area contributed by atoms with Crippen molar-refractivity contribution < 1.29 is 0 Å². The van der Waals surface area contributed by atoms with Gasteiger partial charge >= 0.3 is 0 Å². The van der Waals surface area contributed by atoms with Crippen molar-refractivity contribution in [2.45, 2.75) is 25.7 Å². The molecule has 1 nitrogen and oxygen atoms in total. The molecule has 1 fully saturated rings. The minimum Gasteiger partial charge on any atom is -0.308 e. The summed E-state index contributed by atoms with van der Waals surface area (Å²) in [5.74, 6) is 0.583. The van der Waals surface area contributed by atoms with Crippen molar-refractivity contribution in [2.75, 3.05) is 13.1 Å². The Morgan fingerprint density at radius 3 is 2.43 bits per heavy atom. The first-order valence-electron chi connectivity index (χ1n) is 5.50. The number of benzene rings is 1. The van der Waals surface area contributed by atoms with Gasteiger partial charge in [0.05, 0.1) is 0 Å². The summed E-state index contributed by atoms with van der Waals surface area (Å²) in [5.41, 5.74) is 1.34. The fraction of sp³-hybridized carbons (Fsp3) is 0.500. The molecule has 14 heavy (non-hydrogen) atoms. The summed E-state index contributed by atoms with van der Waals surface area (Å²) in [6.07, 6.45) is 2.74. The second-order valence-electron chi connectivity index (χ2n) is 4.06. The van der Waals surface area contributed by atoms with Gasteiger partial charge in [-0.05, 0) is 31.9 Å². The van der Waals surface area contributed by atoms with E-state index in [1.54, 1.807) is 0 Å². The van der Waals surface area contributed by atoms with Crippen molar-refractivity contribution in [3.05, 3.63) is 30.3 Å². The Labute approximate surface area is 87.4 Å². The third kappa shape index (κ3) is 2.39. The second kappa shape index (κ2) is 4.65. The molecule has 1 unspecified atom stereocenters. The van der Waals surface area contributed by atoms with E-state index in [0.29, 0.717) is 5.94 Å². The molecule has 0 saturated carbocycles. The maximum atomic E-state index is 2.55. The highest BCUT2D eigenvalue weighted by Crippen LogP contribution is 2.10. The molecule has 1 aromatic carbocycles. The van der Waals surface area contributed by atoms with Gasteiger partial charge in [-0.1, -0.05) is 42.7 Å². The molecule has 1 radical (unpaired) electrons. The number of likely N-dealkylation sites (tertiary alicyclic amines) is 1. The third-order valence-electron chi connectivity index (χ3n) is 2.95. The quantitative estimate of drug-likeness (QED) is 0.646. The van der Waals surface area contributed by atoms with E-state index in [4.69, 9.17) is 0 Å². The Morgan fingerprint density at radius 1 is 1.14 bits per heavy atom. The lowest BCUT2D eigenvalue weighted by molar-refractivity contribution is 0.324. The summed E-state index contributed by atoms with van der Waals surface area (Å²) < 4.78 is 0. The monoisotopic (exact) mass is 186 g/mol. The van der Waals surface area contributed by atoms with Crippen LogP contribution in [0, 0.1) is 0 Å². The molecule has 1 saturated heterocycles. The van der Waals surface area contributed by atoms with Crippen LogP contribution in [-0.4, -0.2) is 31.2 Å². The minimum atomic E-state index is 0.583. The van der Waals surface area contributed by atoms with Crippen LogP contribution in [0.25, 0.3) is 0 Å². The molecule has 0 bridgehead atoms. The Balaban J connectivity index is 1.90. The van der Waals surface area contributed by atoms with Gasteiger partial charge in [0.25, 0.3) is 0 Å². The van der Waals surface area contributed by atoms with Gasteiger partial charge in [0.2, 0.25) is 0 Å². The number of hydrogen-bond donors (Lipinski definition) is 0. The van der Waals surface area contributed by atoms with Crippen LogP contribution < -0.4 is 5.46 Å². The van der Waals surface area contributed by atoms with Crippen LogP contribution in [0.15, 0.2) is 30.3 Å². The van der Waals surface area contributed by atoms with Gasteiger partial charge in [-0.15, -0.1) is 0 Å². The third-order valence-corrected chi connectivity index (χ3v) is 2.95. The molecule has 0 aliphatic carbocycles. The smallest absolute Gasteiger partial charge is 0.173 e. The second-order valence-corrected chi connectivity index (χ2v) is 4.06. The molecule has 0 amide bonds. The summed E-state index contributed by atoms with van der Waals surface area (Å²) in [6, 6.07) is 10.6. The van der Waals surface area contributed by atoms with Crippen molar-refractivity contribution in [1.29, 1.82) is 0 Å². The highest BCUT2D eigenvalue weighted by atomic mass is 15.1. The lowest BCUT2D eigenvalue weighted by Gasteiger charge is -2.22. The molecule has 1 aliphatic rings. The predicted molar refractivity (Wildman–Crippen MR) is 62.1 cm³/mol. The lowest BCUT2D eigenvalue weighted by atomic mass is 9.63. The van der Waals surface area contributed by atoms with Gasteiger partial charge in [0.15, 0.2) is 7.28 Å². The summed E-state index contributed by atoms with van der Waals surface area (Å²) in [6.45, 7) is 4.83. The van der Waals surface area contributed by atoms with Crippen molar-refractivity contribution in [1.82, 2.24) is 4.90 Å². The first kappa shape index (κ1) is 9.79. The fourth-order valence-corrected chi connectivity index (χ4v) is 2.10. The first-order valence-corrected chi connectivity index (χ1v) is 5.50. The van der Waals surface area contributed by atoms with Gasteiger partial charge < -0.3 is 4.90 Å².